The quantitative estimate of drug-likeness (QED) is 0.665. The summed E-state index contributed by atoms with van der Waals surface area (Å²) in [6.07, 6.45) is 5.24. The van der Waals surface area contributed by atoms with Crippen LogP contribution in [0.25, 0.3) is 0 Å². The molecule has 1 aliphatic carbocycles. The van der Waals surface area contributed by atoms with Crippen LogP contribution < -0.4 is 23.6 Å². The number of thioether (sulfide) groups is 1. The van der Waals surface area contributed by atoms with Crippen LogP contribution in [0.5, 0.6) is 0 Å². The first-order valence-electron chi connectivity index (χ1n) is 9.47. The van der Waals surface area contributed by atoms with Gasteiger partial charge in [0, 0.05) is 28.2 Å². The van der Waals surface area contributed by atoms with Gasteiger partial charge in [-0.2, -0.15) is 4.99 Å². The Morgan fingerprint density at radius 3 is 2.28 bits per heavy atom. The van der Waals surface area contributed by atoms with Gasteiger partial charge in [0.05, 0.1) is 6.42 Å². The molecule has 1 aliphatic heterocycles. The first-order valence-corrected chi connectivity index (χ1v) is 11.6. The fraction of sp³-hybridized carbons (Fsp3) is 0.381. The Kier molecular flexibility index (Phi) is 7.56. The van der Waals surface area contributed by atoms with Crippen molar-refractivity contribution in [2.75, 3.05) is 0 Å². The highest BCUT2D eigenvalue weighted by molar-refractivity contribution is 8.00. The van der Waals surface area contributed by atoms with Gasteiger partial charge in [-0.15, -0.1) is 22.0 Å². The average Bonchev–Trinajstić information content (AvgIpc) is 3.06. The Bertz CT molecular complexity index is 804. The van der Waals surface area contributed by atoms with E-state index in [1.807, 2.05) is 17.8 Å². The monoisotopic (exact) mass is 437 g/mol. The lowest BCUT2D eigenvalue weighted by Crippen LogP contribution is -2.68. The molecule has 2 fully saturated rings. The van der Waals surface area contributed by atoms with Gasteiger partial charge in [-0.3, -0.25) is 0 Å². The molecule has 3 atom stereocenters. The van der Waals surface area contributed by atoms with Crippen molar-refractivity contribution in [3.05, 3.63) is 60.2 Å². The van der Waals surface area contributed by atoms with E-state index < -0.39 is 10.2 Å². The van der Waals surface area contributed by atoms with Crippen LogP contribution in [0.3, 0.4) is 0 Å². The summed E-state index contributed by atoms with van der Waals surface area (Å²) >= 11 is 1.99. The minimum absolute atomic E-state index is 0.344. The van der Waals surface area contributed by atoms with Gasteiger partial charge < -0.3 is 4.74 Å². The molecule has 4 rings (SSSR count). The maximum atomic E-state index is 8.49. The number of benzene rings is 2. The average molecular weight is 438 g/mol. The first-order chi connectivity index (χ1) is 13.8. The van der Waals surface area contributed by atoms with Crippen LogP contribution in [0.4, 0.5) is 5.69 Å². The van der Waals surface area contributed by atoms with E-state index >= 15 is 0 Å². The number of hydrogen-bond donors (Lipinski definition) is 1. The van der Waals surface area contributed by atoms with Crippen molar-refractivity contribution >= 4 is 23.3 Å². The maximum Gasteiger partial charge on any atom is 0.341 e. The Morgan fingerprint density at radius 2 is 1.62 bits per heavy atom. The molecule has 29 heavy (non-hydrogen) atoms. The number of aryl methyl sites for hydroxylation is 1. The summed E-state index contributed by atoms with van der Waals surface area (Å²) in [5.41, 5.74) is 2.44. The van der Waals surface area contributed by atoms with Gasteiger partial charge in [-0.1, -0.05) is 42.3 Å². The van der Waals surface area contributed by atoms with Crippen LogP contribution in [-0.2, 0) is 4.74 Å². The zero-order valence-electron chi connectivity index (χ0n) is 16.1. The molecule has 6 nitrogen and oxygen atoms in total. The molecule has 156 valence electrons. The van der Waals surface area contributed by atoms with Crippen LogP contribution in [0.1, 0.15) is 31.2 Å². The summed E-state index contributed by atoms with van der Waals surface area (Å²) in [7, 11) is -4.94. The molecule has 2 aliphatic rings. The number of hydrogen-bond acceptors (Lipinski definition) is 6. The number of ether oxygens (including phenoxy) is 1. The van der Waals surface area contributed by atoms with Crippen molar-refractivity contribution < 1.29 is 38.6 Å². The molecule has 0 radical (unpaired) electrons. The largest absolute Gasteiger partial charge is 0.443 e. The van der Waals surface area contributed by atoms with Gasteiger partial charge in [0.25, 0.3) is 0 Å². The maximum absolute atomic E-state index is 8.49. The molecule has 0 spiro atoms. The molecule has 1 N–H and O–H groups in total. The standard InChI is InChI=1S/C21H23NOS.ClHO4/c1-15-10-12-18(13-11-15)24-19-9-5-6-16-14-20(23-21(16)19)22-17-7-3-2-4-8-17;2-1(3,4)5/h2-4,7-8,10-13,16,19,21H,5-6,9,14H2,1H3;(H,2,3,4,5). The van der Waals surface area contributed by atoms with Gasteiger partial charge >= 0.3 is 5.90 Å². The molecule has 2 aromatic carbocycles. The van der Waals surface area contributed by atoms with E-state index in [1.165, 1.54) is 29.7 Å². The van der Waals surface area contributed by atoms with Gasteiger partial charge in [0.2, 0.25) is 5.69 Å². The summed E-state index contributed by atoms with van der Waals surface area (Å²) < 4.78 is 40.3. The predicted octanol–water partition coefficient (Wildman–Crippen LogP) is -0.900. The van der Waals surface area contributed by atoms with Crippen LogP contribution in [-0.4, -0.2) is 17.3 Å². The Labute approximate surface area is 177 Å². The molecule has 3 unspecified atom stereocenters. The second kappa shape index (κ2) is 9.93. The summed E-state index contributed by atoms with van der Waals surface area (Å²) in [5.74, 6) is 1.71. The lowest BCUT2D eigenvalue weighted by molar-refractivity contribution is -2.00. The lowest BCUT2D eigenvalue weighted by Gasteiger charge is -2.31. The fourth-order valence-electron chi connectivity index (χ4n) is 3.73. The molecule has 8 heteroatoms. The van der Waals surface area contributed by atoms with Crippen LogP contribution >= 0.6 is 11.8 Å². The molecule has 1 saturated heterocycles. The SMILES string of the molecule is Cc1ccc(SC2CCCC3CC(=[NH+]c4ccccc4)OC32)cc1.[O-][Cl+3]([O-])([O-])[O-]. The minimum atomic E-state index is -4.94. The number of rotatable bonds is 3. The molecule has 2 aromatic rings. The summed E-state index contributed by atoms with van der Waals surface area (Å²) in [6, 6.07) is 19.2. The van der Waals surface area contributed by atoms with Crippen molar-refractivity contribution in [3.8, 4) is 0 Å². The normalized spacial score (nSPS) is 25.0. The van der Waals surface area contributed by atoms with Crippen LogP contribution in [0.15, 0.2) is 59.5 Å². The fourth-order valence-corrected chi connectivity index (χ4v) is 5.07. The van der Waals surface area contributed by atoms with E-state index in [1.54, 1.807) is 0 Å². The second-order valence-corrected chi connectivity index (χ2v) is 9.31. The van der Waals surface area contributed by atoms with E-state index in [0.717, 1.165) is 18.0 Å². The van der Waals surface area contributed by atoms with Crippen molar-refractivity contribution in [1.29, 1.82) is 0 Å². The predicted molar refractivity (Wildman–Crippen MR) is 99.7 cm³/mol. The molecule has 0 bridgehead atoms. The lowest BCUT2D eigenvalue weighted by atomic mass is 9.86. The highest BCUT2D eigenvalue weighted by Gasteiger charge is 2.44. The summed E-state index contributed by atoms with van der Waals surface area (Å²) in [6.45, 7) is 2.14. The third kappa shape index (κ3) is 7.29. The van der Waals surface area contributed by atoms with E-state index in [2.05, 4.69) is 60.4 Å². The third-order valence-electron chi connectivity index (χ3n) is 4.99. The van der Waals surface area contributed by atoms with E-state index in [-0.39, 0.29) is 0 Å². The van der Waals surface area contributed by atoms with Crippen LogP contribution in [0, 0.1) is 23.1 Å². The van der Waals surface area contributed by atoms with Crippen molar-refractivity contribution in [1.82, 2.24) is 0 Å². The van der Waals surface area contributed by atoms with Crippen molar-refractivity contribution in [2.45, 2.75) is 48.9 Å². The minimum Gasteiger partial charge on any atom is -0.443 e. The molecular formula is C21H24ClNO5S. The van der Waals surface area contributed by atoms with Gasteiger partial charge in [0.1, 0.15) is 6.10 Å². The third-order valence-corrected chi connectivity index (χ3v) is 6.34. The zero-order chi connectivity index (χ0) is 20.9. The molecule has 1 heterocycles. The van der Waals surface area contributed by atoms with Gasteiger partial charge in [0.15, 0.2) is 0 Å². The van der Waals surface area contributed by atoms with Gasteiger partial charge in [-0.05, 0) is 31.9 Å². The number of fused-ring (bicyclic) bond motifs is 1. The topological polar surface area (TPSA) is 115 Å². The molecule has 1 saturated carbocycles. The number of halogens is 1. The number of nitrogens with one attached hydrogen (secondary N) is 1. The molecule has 0 amide bonds. The Morgan fingerprint density at radius 1 is 0.966 bits per heavy atom. The van der Waals surface area contributed by atoms with E-state index in [4.69, 9.17) is 23.4 Å². The highest BCUT2D eigenvalue weighted by Crippen LogP contribution is 2.42. The van der Waals surface area contributed by atoms with Crippen molar-refractivity contribution in [2.24, 2.45) is 5.92 Å². The summed E-state index contributed by atoms with van der Waals surface area (Å²) in [4.78, 5) is 4.83. The second-order valence-electron chi connectivity index (χ2n) is 7.24. The van der Waals surface area contributed by atoms with Crippen molar-refractivity contribution in [3.63, 3.8) is 0 Å². The van der Waals surface area contributed by atoms with Crippen LogP contribution in [0.2, 0.25) is 0 Å². The highest BCUT2D eigenvalue weighted by atomic mass is 35.7. The smallest absolute Gasteiger partial charge is 0.341 e. The Hall–Kier alpha value is -1.61. The van der Waals surface area contributed by atoms with E-state index in [9.17, 15) is 0 Å². The summed E-state index contributed by atoms with van der Waals surface area (Å²) in [5, 5.41) is 0.557. The first kappa shape index (κ1) is 22.1. The molecule has 0 aromatic heterocycles. The zero-order valence-corrected chi connectivity index (χ0v) is 17.7. The number of para-hydroxylation sites is 1. The molecular weight excluding hydrogens is 414 g/mol. The Balaban J connectivity index is 0.000000431. The van der Waals surface area contributed by atoms with E-state index in [0.29, 0.717) is 17.3 Å². The van der Waals surface area contributed by atoms with Gasteiger partial charge in [-0.25, -0.2) is 18.6 Å².